The molecule has 7 nitrogen and oxygen atoms in total. The molecule has 6 atom stereocenters. The van der Waals surface area contributed by atoms with Crippen LogP contribution in [0.5, 0.6) is 0 Å². The van der Waals surface area contributed by atoms with Crippen LogP contribution in [0.4, 0.5) is 14.0 Å². The van der Waals surface area contributed by atoms with Crippen molar-refractivity contribution in [3.63, 3.8) is 0 Å². The number of aromatic nitrogens is 1. The minimum absolute atomic E-state index is 0.0427. The summed E-state index contributed by atoms with van der Waals surface area (Å²) in [6, 6.07) is 10.4. The van der Waals surface area contributed by atoms with Crippen LogP contribution in [0.2, 0.25) is 0 Å². The average molecular weight is 479 g/mol. The first-order chi connectivity index (χ1) is 17.0. The second kappa shape index (κ2) is 10.1. The Kier molecular flexibility index (Phi) is 6.70. The SMILES string of the molecule is CCOC(=O)N[C@@H]1CC[C@@H]2[C@@H](C1)C[C@@H]1NC(=O)N[C@@H]1[C@H]2C=Cc1ccc(-c2cccc(F)c2)cn1. The molecule has 35 heavy (non-hydrogen) atoms. The van der Waals surface area contributed by atoms with Gasteiger partial charge in [-0.15, -0.1) is 0 Å². The molecular formula is C27H31FN4O3. The van der Waals surface area contributed by atoms with Crippen molar-refractivity contribution in [2.75, 3.05) is 6.61 Å². The second-order valence-corrected chi connectivity index (χ2v) is 9.70. The molecule has 0 radical (unpaired) electrons. The Morgan fingerprint density at radius 1 is 1.20 bits per heavy atom. The van der Waals surface area contributed by atoms with Gasteiger partial charge in [0.2, 0.25) is 0 Å². The van der Waals surface area contributed by atoms with Gasteiger partial charge in [-0.3, -0.25) is 4.98 Å². The lowest BCUT2D eigenvalue weighted by atomic mass is 9.61. The van der Waals surface area contributed by atoms with Gasteiger partial charge in [0.25, 0.3) is 0 Å². The molecule has 0 bridgehead atoms. The van der Waals surface area contributed by atoms with E-state index < -0.39 is 0 Å². The number of fused-ring (bicyclic) bond motifs is 2. The number of carbonyl (C=O) groups is 2. The zero-order valence-electron chi connectivity index (χ0n) is 19.7. The molecule has 3 N–H and O–H groups in total. The third-order valence-corrected chi connectivity index (χ3v) is 7.59. The maximum atomic E-state index is 13.6. The van der Waals surface area contributed by atoms with E-state index in [9.17, 15) is 14.0 Å². The third kappa shape index (κ3) is 5.16. The summed E-state index contributed by atoms with van der Waals surface area (Å²) in [5.41, 5.74) is 2.47. The Balaban J connectivity index is 1.31. The maximum absolute atomic E-state index is 13.6. The molecule has 3 aliphatic rings. The van der Waals surface area contributed by atoms with Gasteiger partial charge < -0.3 is 20.7 Å². The second-order valence-electron chi connectivity index (χ2n) is 9.70. The number of urea groups is 1. The average Bonchev–Trinajstić information content (AvgIpc) is 3.22. The summed E-state index contributed by atoms with van der Waals surface area (Å²) in [4.78, 5) is 28.6. The first-order valence-corrected chi connectivity index (χ1v) is 12.4. The highest BCUT2D eigenvalue weighted by atomic mass is 19.1. The normalized spacial score (nSPS) is 29.6. The highest BCUT2D eigenvalue weighted by Gasteiger charge is 2.49. The fraction of sp³-hybridized carbons (Fsp3) is 0.444. The number of carbonyl (C=O) groups excluding carboxylic acids is 2. The highest BCUT2D eigenvalue weighted by molar-refractivity contribution is 5.77. The Morgan fingerprint density at radius 3 is 2.86 bits per heavy atom. The minimum atomic E-state index is -0.357. The molecule has 1 saturated heterocycles. The van der Waals surface area contributed by atoms with Gasteiger partial charge in [-0.05, 0) is 74.3 Å². The van der Waals surface area contributed by atoms with Crippen molar-refractivity contribution in [2.24, 2.45) is 17.8 Å². The standard InChI is InChI=1S/C27H31FN4O3/c1-2-35-27(34)30-21-9-10-22-18(13-21)14-24-25(32-26(33)31-24)23(22)11-8-20-7-6-17(15-29-20)16-4-3-5-19(28)12-16/h3-8,11-12,15,18,21-25H,2,9-10,13-14H2,1H3,(H,30,34)(H2,31,32,33)/t18-,21+,22+,23-,24-,25+/m0/s1. The number of benzene rings is 1. The van der Waals surface area contributed by atoms with E-state index >= 15 is 0 Å². The molecule has 2 aliphatic carbocycles. The van der Waals surface area contributed by atoms with Crippen LogP contribution in [0.25, 0.3) is 17.2 Å². The van der Waals surface area contributed by atoms with Crippen molar-refractivity contribution in [3.05, 3.63) is 60.2 Å². The summed E-state index contributed by atoms with van der Waals surface area (Å²) in [5.74, 6) is 0.716. The molecule has 0 unspecified atom stereocenters. The molecule has 1 aromatic heterocycles. The zero-order chi connectivity index (χ0) is 24.4. The Morgan fingerprint density at radius 2 is 2.09 bits per heavy atom. The largest absolute Gasteiger partial charge is 0.450 e. The molecule has 184 valence electrons. The summed E-state index contributed by atoms with van der Waals surface area (Å²) in [6.45, 7) is 2.16. The topological polar surface area (TPSA) is 92.4 Å². The zero-order valence-corrected chi connectivity index (χ0v) is 19.7. The Bertz CT molecular complexity index is 1110. The van der Waals surface area contributed by atoms with Crippen LogP contribution in [0.15, 0.2) is 48.7 Å². The molecule has 8 heteroatoms. The van der Waals surface area contributed by atoms with Crippen LogP contribution in [0, 0.1) is 23.6 Å². The number of hydrogen-bond donors (Lipinski definition) is 3. The first-order valence-electron chi connectivity index (χ1n) is 12.4. The molecule has 2 heterocycles. The lowest BCUT2D eigenvalue weighted by Gasteiger charge is -2.47. The lowest BCUT2D eigenvalue weighted by molar-refractivity contribution is 0.0758. The quantitative estimate of drug-likeness (QED) is 0.590. The van der Waals surface area contributed by atoms with Crippen LogP contribution in [-0.4, -0.2) is 41.8 Å². The lowest BCUT2D eigenvalue weighted by Crippen LogP contribution is -2.53. The fourth-order valence-corrected chi connectivity index (χ4v) is 6.06. The van der Waals surface area contributed by atoms with E-state index in [0.29, 0.717) is 18.4 Å². The molecule has 0 spiro atoms. The molecule has 5 rings (SSSR count). The van der Waals surface area contributed by atoms with E-state index in [4.69, 9.17) is 4.74 Å². The van der Waals surface area contributed by atoms with Crippen LogP contribution in [-0.2, 0) is 4.74 Å². The number of nitrogens with one attached hydrogen (secondary N) is 3. The summed E-state index contributed by atoms with van der Waals surface area (Å²) in [7, 11) is 0. The third-order valence-electron chi connectivity index (χ3n) is 7.59. The summed E-state index contributed by atoms with van der Waals surface area (Å²) >= 11 is 0. The van der Waals surface area contributed by atoms with Gasteiger partial charge in [0.1, 0.15) is 5.82 Å². The van der Waals surface area contributed by atoms with Crippen molar-refractivity contribution in [1.82, 2.24) is 20.9 Å². The van der Waals surface area contributed by atoms with Gasteiger partial charge in [0.15, 0.2) is 0 Å². The maximum Gasteiger partial charge on any atom is 0.407 e. The molecule has 3 fully saturated rings. The summed E-state index contributed by atoms with van der Waals surface area (Å²) in [5, 5.41) is 9.21. The number of nitrogens with zero attached hydrogens (tertiary/aromatic N) is 1. The van der Waals surface area contributed by atoms with Gasteiger partial charge in [0.05, 0.1) is 24.4 Å². The molecule has 3 amide bonds. The molecule has 2 saturated carbocycles. The van der Waals surface area contributed by atoms with E-state index in [1.54, 1.807) is 19.2 Å². The predicted octanol–water partition coefficient (Wildman–Crippen LogP) is 4.50. The number of ether oxygens (including phenoxy) is 1. The van der Waals surface area contributed by atoms with Crippen LogP contribution in [0.3, 0.4) is 0 Å². The molecular weight excluding hydrogens is 447 g/mol. The first kappa shape index (κ1) is 23.3. The van der Waals surface area contributed by atoms with E-state index in [-0.39, 0.29) is 42.0 Å². The van der Waals surface area contributed by atoms with Crippen LogP contribution >= 0.6 is 0 Å². The molecule has 2 aromatic rings. The Labute approximate surface area is 204 Å². The molecule has 1 aromatic carbocycles. The monoisotopic (exact) mass is 478 g/mol. The minimum Gasteiger partial charge on any atom is -0.450 e. The number of amides is 3. The predicted molar refractivity (Wildman–Crippen MR) is 131 cm³/mol. The van der Waals surface area contributed by atoms with E-state index in [2.05, 4.69) is 27.0 Å². The van der Waals surface area contributed by atoms with Crippen molar-refractivity contribution in [3.8, 4) is 11.1 Å². The number of halogens is 1. The number of hydrogen-bond acceptors (Lipinski definition) is 4. The van der Waals surface area contributed by atoms with Gasteiger partial charge in [-0.2, -0.15) is 0 Å². The number of pyridine rings is 1. The van der Waals surface area contributed by atoms with Gasteiger partial charge in [-0.25, -0.2) is 14.0 Å². The van der Waals surface area contributed by atoms with E-state index in [0.717, 1.165) is 42.5 Å². The highest BCUT2D eigenvalue weighted by Crippen LogP contribution is 2.45. The van der Waals surface area contributed by atoms with Crippen molar-refractivity contribution >= 4 is 18.2 Å². The van der Waals surface area contributed by atoms with Crippen molar-refractivity contribution in [1.29, 1.82) is 0 Å². The van der Waals surface area contributed by atoms with Crippen molar-refractivity contribution in [2.45, 2.75) is 50.7 Å². The van der Waals surface area contributed by atoms with Gasteiger partial charge in [-0.1, -0.05) is 24.3 Å². The number of rotatable bonds is 5. The number of alkyl carbamates (subject to hydrolysis) is 1. The van der Waals surface area contributed by atoms with Crippen LogP contribution < -0.4 is 16.0 Å². The van der Waals surface area contributed by atoms with Crippen LogP contribution in [0.1, 0.15) is 38.3 Å². The van der Waals surface area contributed by atoms with E-state index in [1.807, 2.05) is 24.3 Å². The molecule has 1 aliphatic heterocycles. The summed E-state index contributed by atoms with van der Waals surface area (Å²) < 4.78 is 18.6. The van der Waals surface area contributed by atoms with Gasteiger partial charge in [0, 0.05) is 23.7 Å². The summed E-state index contributed by atoms with van der Waals surface area (Å²) in [6.07, 6.45) is 9.26. The van der Waals surface area contributed by atoms with E-state index in [1.165, 1.54) is 12.1 Å². The fourth-order valence-electron chi connectivity index (χ4n) is 6.06. The van der Waals surface area contributed by atoms with Crippen molar-refractivity contribution < 1.29 is 18.7 Å². The van der Waals surface area contributed by atoms with Gasteiger partial charge >= 0.3 is 12.1 Å². The Hall–Kier alpha value is -3.42. The smallest absolute Gasteiger partial charge is 0.407 e.